The van der Waals surface area contributed by atoms with Crippen LogP contribution in [0.25, 0.3) is 11.8 Å². The normalized spacial score (nSPS) is 14.6. The van der Waals surface area contributed by atoms with Crippen LogP contribution in [-0.2, 0) is 20.9 Å². The Morgan fingerprint density at radius 3 is 2.24 bits per heavy atom. The van der Waals surface area contributed by atoms with E-state index in [9.17, 15) is 14.4 Å². The number of carbonyl (C=O) groups is 3. The van der Waals surface area contributed by atoms with Gasteiger partial charge in [0.05, 0.1) is 18.7 Å². The Kier molecular flexibility index (Phi) is 7.92. The van der Waals surface area contributed by atoms with Crippen molar-refractivity contribution in [2.75, 3.05) is 13.2 Å². The Morgan fingerprint density at radius 2 is 1.59 bits per heavy atom. The highest BCUT2D eigenvalue weighted by atomic mass is 16.5. The van der Waals surface area contributed by atoms with Gasteiger partial charge in [-0.25, -0.2) is 14.8 Å². The average molecular weight is 500 g/mol. The van der Waals surface area contributed by atoms with Gasteiger partial charge in [-0.05, 0) is 74.7 Å². The lowest BCUT2D eigenvalue weighted by Gasteiger charge is -2.27. The van der Waals surface area contributed by atoms with Crippen molar-refractivity contribution in [2.45, 2.75) is 47.1 Å². The summed E-state index contributed by atoms with van der Waals surface area (Å²) in [5.74, 6) is -0.905. The first kappa shape index (κ1) is 25.9. The third-order valence-corrected chi connectivity index (χ3v) is 6.53. The van der Waals surface area contributed by atoms with Crippen LogP contribution >= 0.6 is 0 Å². The van der Waals surface area contributed by atoms with E-state index in [1.54, 1.807) is 35.2 Å². The lowest BCUT2D eigenvalue weighted by molar-refractivity contribution is -0.148. The minimum absolute atomic E-state index is 0.171. The lowest BCUT2D eigenvalue weighted by atomic mass is 10.1. The predicted octanol–water partition coefficient (Wildman–Crippen LogP) is 5.24. The van der Waals surface area contributed by atoms with Crippen LogP contribution in [0, 0.1) is 13.8 Å². The molecule has 0 atom stereocenters. The van der Waals surface area contributed by atoms with Crippen LogP contribution in [0.5, 0.6) is 0 Å². The maximum Gasteiger partial charge on any atom is 0.338 e. The number of carbonyl (C=O) groups excluding carboxylic acids is 3. The highest BCUT2D eigenvalue weighted by Gasteiger charge is 2.40. The molecule has 1 aromatic heterocycles. The fraction of sp³-hybridized carbons (Fsp3) is 0.300. The highest BCUT2D eigenvalue weighted by Crippen LogP contribution is 2.28. The monoisotopic (exact) mass is 499 g/mol. The second kappa shape index (κ2) is 11.3. The summed E-state index contributed by atoms with van der Waals surface area (Å²) in [5.41, 5.74) is 5.17. The molecule has 1 aliphatic rings. The van der Waals surface area contributed by atoms with E-state index in [0.717, 1.165) is 41.0 Å². The van der Waals surface area contributed by atoms with E-state index >= 15 is 0 Å². The minimum atomic E-state index is -0.355. The molecule has 3 aromatic rings. The molecule has 37 heavy (non-hydrogen) atoms. The van der Waals surface area contributed by atoms with Crippen LogP contribution < -0.4 is 0 Å². The van der Waals surface area contributed by atoms with Gasteiger partial charge in [0.1, 0.15) is 5.57 Å². The van der Waals surface area contributed by atoms with Gasteiger partial charge >= 0.3 is 5.97 Å². The standard InChI is InChI=1S/C30H33N3O4/c1-5-7-17-31-28(34)27(29(35)32(31)20-23-11-9-8-10-12-23)19-25-18-21(3)33(22(25)4)26-15-13-24(14-16-26)30(36)37-6-2/h8-16,18-19H,5-7,17,20H2,1-4H3/b27-19-. The molecule has 0 radical (unpaired) electrons. The Hall–Kier alpha value is -4.13. The van der Waals surface area contributed by atoms with Crippen molar-refractivity contribution in [3.8, 4) is 5.69 Å². The number of hydrogen-bond donors (Lipinski definition) is 0. The number of esters is 1. The third kappa shape index (κ3) is 5.35. The molecule has 2 heterocycles. The number of ether oxygens (including phenoxy) is 1. The molecule has 0 unspecified atom stereocenters. The van der Waals surface area contributed by atoms with E-state index in [1.807, 2.05) is 66.9 Å². The van der Waals surface area contributed by atoms with Crippen LogP contribution in [0.3, 0.4) is 0 Å². The summed E-state index contributed by atoms with van der Waals surface area (Å²) >= 11 is 0. The van der Waals surface area contributed by atoms with Crippen LogP contribution in [0.2, 0.25) is 0 Å². The molecule has 0 N–H and O–H groups in total. The first-order chi connectivity index (χ1) is 17.8. The summed E-state index contributed by atoms with van der Waals surface area (Å²) in [6, 6.07) is 18.9. The van der Waals surface area contributed by atoms with Crippen molar-refractivity contribution in [2.24, 2.45) is 0 Å². The largest absolute Gasteiger partial charge is 0.462 e. The zero-order chi connectivity index (χ0) is 26.5. The number of nitrogens with zero attached hydrogens (tertiary/aromatic N) is 3. The molecular formula is C30H33N3O4. The summed E-state index contributed by atoms with van der Waals surface area (Å²) in [7, 11) is 0. The smallest absolute Gasteiger partial charge is 0.338 e. The van der Waals surface area contributed by atoms with E-state index in [4.69, 9.17) is 4.74 Å². The molecule has 2 aromatic carbocycles. The van der Waals surface area contributed by atoms with Gasteiger partial charge in [0.2, 0.25) is 0 Å². The molecule has 4 rings (SSSR count). The number of aromatic nitrogens is 1. The zero-order valence-electron chi connectivity index (χ0n) is 21.9. The van der Waals surface area contributed by atoms with Gasteiger partial charge in [-0.3, -0.25) is 9.59 Å². The fourth-order valence-electron chi connectivity index (χ4n) is 4.60. The SMILES string of the molecule is CCCCN1C(=O)/C(=C/c2cc(C)n(-c3ccc(C(=O)OCC)cc3)c2C)C(=O)N1Cc1ccccc1. The van der Waals surface area contributed by atoms with Crippen molar-refractivity contribution in [1.29, 1.82) is 0 Å². The van der Waals surface area contributed by atoms with E-state index in [2.05, 4.69) is 6.92 Å². The summed E-state index contributed by atoms with van der Waals surface area (Å²) < 4.78 is 7.12. The van der Waals surface area contributed by atoms with Gasteiger partial charge in [-0.15, -0.1) is 0 Å². The molecule has 7 nitrogen and oxygen atoms in total. The zero-order valence-corrected chi connectivity index (χ0v) is 21.9. The van der Waals surface area contributed by atoms with Crippen molar-refractivity contribution >= 4 is 23.9 Å². The Labute approximate surface area is 217 Å². The summed E-state index contributed by atoms with van der Waals surface area (Å²) in [6.07, 6.45) is 3.45. The Balaban J connectivity index is 1.65. The quantitative estimate of drug-likeness (QED) is 0.229. The van der Waals surface area contributed by atoms with Crippen molar-refractivity contribution in [1.82, 2.24) is 14.6 Å². The van der Waals surface area contributed by atoms with Gasteiger partial charge in [-0.2, -0.15) is 0 Å². The molecule has 0 bridgehead atoms. The topological polar surface area (TPSA) is 71.9 Å². The van der Waals surface area contributed by atoms with Gasteiger partial charge in [0.25, 0.3) is 11.8 Å². The second-order valence-electron chi connectivity index (χ2n) is 9.12. The summed E-state index contributed by atoms with van der Waals surface area (Å²) in [5, 5.41) is 3.14. The van der Waals surface area contributed by atoms with E-state index in [-0.39, 0.29) is 23.4 Å². The van der Waals surface area contributed by atoms with Crippen LogP contribution in [0.4, 0.5) is 0 Å². The molecular weight excluding hydrogens is 466 g/mol. The molecule has 2 amide bonds. The fourth-order valence-corrected chi connectivity index (χ4v) is 4.60. The Morgan fingerprint density at radius 1 is 0.919 bits per heavy atom. The Bertz CT molecular complexity index is 1320. The van der Waals surface area contributed by atoms with Gasteiger partial charge in [0, 0.05) is 23.6 Å². The number of aryl methyl sites for hydroxylation is 1. The molecule has 1 saturated heterocycles. The minimum Gasteiger partial charge on any atom is -0.462 e. The number of unbranched alkanes of at least 4 members (excludes halogenated alkanes) is 1. The molecule has 0 spiro atoms. The van der Waals surface area contributed by atoms with Crippen molar-refractivity contribution < 1.29 is 19.1 Å². The molecule has 0 aliphatic carbocycles. The number of benzene rings is 2. The molecule has 1 fully saturated rings. The van der Waals surface area contributed by atoms with E-state index in [1.165, 1.54) is 0 Å². The number of hydrogen-bond acceptors (Lipinski definition) is 4. The molecule has 7 heteroatoms. The van der Waals surface area contributed by atoms with Crippen LogP contribution in [0.1, 0.15) is 59.6 Å². The summed E-state index contributed by atoms with van der Waals surface area (Å²) in [4.78, 5) is 38.9. The first-order valence-corrected chi connectivity index (χ1v) is 12.7. The van der Waals surface area contributed by atoms with E-state index in [0.29, 0.717) is 25.3 Å². The molecule has 1 aliphatic heterocycles. The second-order valence-corrected chi connectivity index (χ2v) is 9.12. The first-order valence-electron chi connectivity index (χ1n) is 12.7. The maximum absolute atomic E-state index is 13.5. The van der Waals surface area contributed by atoms with Crippen LogP contribution in [0.15, 0.2) is 66.2 Å². The molecule has 192 valence electrons. The van der Waals surface area contributed by atoms with Gasteiger partial charge in [-0.1, -0.05) is 43.7 Å². The highest BCUT2D eigenvalue weighted by molar-refractivity contribution is 6.25. The maximum atomic E-state index is 13.5. The lowest BCUT2D eigenvalue weighted by Crippen LogP contribution is -2.40. The third-order valence-electron chi connectivity index (χ3n) is 6.53. The average Bonchev–Trinajstić information content (AvgIpc) is 3.30. The van der Waals surface area contributed by atoms with Gasteiger partial charge < -0.3 is 9.30 Å². The number of amides is 2. The predicted molar refractivity (Wildman–Crippen MR) is 143 cm³/mol. The van der Waals surface area contributed by atoms with E-state index < -0.39 is 0 Å². The number of rotatable bonds is 9. The van der Waals surface area contributed by atoms with Crippen molar-refractivity contribution in [3.05, 3.63) is 94.3 Å². The van der Waals surface area contributed by atoms with Gasteiger partial charge in [0.15, 0.2) is 0 Å². The van der Waals surface area contributed by atoms with Crippen LogP contribution in [-0.4, -0.2) is 45.5 Å². The summed E-state index contributed by atoms with van der Waals surface area (Å²) in [6.45, 7) is 8.94. The van der Waals surface area contributed by atoms with Crippen molar-refractivity contribution in [3.63, 3.8) is 0 Å². The number of hydrazine groups is 1. The molecule has 0 saturated carbocycles.